The normalized spacial score (nSPS) is 14.4. The molecule has 5 rings (SSSR count). The van der Waals surface area contributed by atoms with Gasteiger partial charge in [-0.15, -0.1) is 0 Å². The summed E-state index contributed by atoms with van der Waals surface area (Å²) in [5, 5.41) is 11.4. The van der Waals surface area contributed by atoms with Crippen LogP contribution in [0.4, 0.5) is 14.9 Å². The summed E-state index contributed by atoms with van der Waals surface area (Å²) in [6, 6.07) is 20.6. The Hall–Kier alpha value is -4.66. The van der Waals surface area contributed by atoms with E-state index < -0.39 is 11.4 Å². The summed E-state index contributed by atoms with van der Waals surface area (Å²) in [5.74, 6) is -0.649. The van der Waals surface area contributed by atoms with Gasteiger partial charge in [-0.05, 0) is 63.2 Å². The average molecular weight is 543 g/mol. The van der Waals surface area contributed by atoms with E-state index in [0.29, 0.717) is 59.6 Å². The number of hydrogen-bond donors (Lipinski definition) is 2. The van der Waals surface area contributed by atoms with Crippen molar-refractivity contribution in [2.24, 2.45) is 4.99 Å². The number of fused-ring (bicyclic) bond motifs is 1. The number of aromatic amines is 1. The van der Waals surface area contributed by atoms with Crippen molar-refractivity contribution in [3.05, 3.63) is 95.3 Å². The first kappa shape index (κ1) is 26.9. The van der Waals surface area contributed by atoms with Gasteiger partial charge in [-0.1, -0.05) is 30.3 Å². The minimum Gasteiger partial charge on any atom is -0.494 e. The second-order valence-electron chi connectivity index (χ2n) is 10.7. The molecule has 9 heteroatoms. The van der Waals surface area contributed by atoms with Crippen molar-refractivity contribution in [2.75, 3.05) is 26.2 Å². The Labute approximate surface area is 231 Å². The van der Waals surface area contributed by atoms with Crippen LogP contribution in [0.15, 0.2) is 77.8 Å². The zero-order chi connectivity index (χ0) is 28.4. The van der Waals surface area contributed by atoms with Crippen molar-refractivity contribution in [2.45, 2.75) is 26.4 Å². The van der Waals surface area contributed by atoms with Crippen LogP contribution in [-0.4, -0.2) is 69.4 Å². The summed E-state index contributed by atoms with van der Waals surface area (Å²) < 4.78 is 19.2. The first-order valence-electron chi connectivity index (χ1n) is 13.1. The first-order valence-corrected chi connectivity index (χ1v) is 13.1. The Bertz CT molecular complexity index is 1560. The highest BCUT2D eigenvalue weighted by Gasteiger charge is 2.28. The van der Waals surface area contributed by atoms with E-state index in [-0.39, 0.29) is 17.9 Å². The van der Waals surface area contributed by atoms with Crippen LogP contribution in [0, 0.1) is 5.82 Å². The molecule has 1 aromatic heterocycles. The van der Waals surface area contributed by atoms with Gasteiger partial charge in [0.15, 0.2) is 5.88 Å². The van der Waals surface area contributed by atoms with Crippen LogP contribution in [0.1, 0.15) is 42.3 Å². The minimum atomic E-state index is -0.570. The van der Waals surface area contributed by atoms with E-state index >= 15 is 0 Å². The molecule has 2 N–H and O–H groups in total. The number of benzene rings is 3. The molecule has 1 aliphatic rings. The van der Waals surface area contributed by atoms with E-state index in [4.69, 9.17) is 9.73 Å². The van der Waals surface area contributed by atoms with Crippen molar-refractivity contribution < 1.29 is 23.8 Å². The quantitative estimate of drug-likeness (QED) is 0.315. The van der Waals surface area contributed by atoms with Crippen LogP contribution in [0.25, 0.3) is 10.9 Å². The smallest absolute Gasteiger partial charge is 0.410 e. The topological polar surface area (TPSA) is 98.2 Å². The first-order chi connectivity index (χ1) is 19.1. The molecule has 0 atom stereocenters. The van der Waals surface area contributed by atoms with Crippen molar-refractivity contribution in [3.63, 3.8) is 0 Å². The van der Waals surface area contributed by atoms with Crippen LogP contribution in [0.2, 0.25) is 0 Å². The maximum Gasteiger partial charge on any atom is 0.410 e. The lowest BCUT2D eigenvalue weighted by molar-refractivity contribution is 0.0141. The lowest BCUT2D eigenvalue weighted by Gasteiger charge is -2.35. The second-order valence-corrected chi connectivity index (χ2v) is 10.7. The van der Waals surface area contributed by atoms with E-state index in [1.807, 2.05) is 51.1 Å². The van der Waals surface area contributed by atoms with Crippen molar-refractivity contribution >= 4 is 34.3 Å². The van der Waals surface area contributed by atoms with E-state index in [1.54, 1.807) is 40.1 Å². The number of piperazine rings is 1. The van der Waals surface area contributed by atoms with Crippen molar-refractivity contribution in [1.82, 2.24) is 14.8 Å². The zero-order valence-electron chi connectivity index (χ0n) is 22.6. The highest BCUT2D eigenvalue weighted by atomic mass is 19.1. The SMILES string of the molecule is CC(C)(C)OC(=O)N1CCN(C(=O)c2ccc(N=C(c3ccccc3)c3c(O)[nH]c4cc(F)ccc34)cc2)CC1. The van der Waals surface area contributed by atoms with Gasteiger partial charge in [0.2, 0.25) is 0 Å². The number of amides is 2. The number of aromatic hydroxyl groups is 1. The number of H-pyrrole nitrogens is 1. The van der Waals surface area contributed by atoms with Gasteiger partial charge in [-0.25, -0.2) is 14.2 Å². The molecule has 206 valence electrons. The molecule has 8 nitrogen and oxygen atoms in total. The van der Waals surface area contributed by atoms with Gasteiger partial charge >= 0.3 is 6.09 Å². The Morgan fingerprint density at radius 1 is 0.900 bits per heavy atom. The molecule has 0 spiro atoms. The summed E-state index contributed by atoms with van der Waals surface area (Å²) >= 11 is 0. The highest BCUT2D eigenvalue weighted by Crippen LogP contribution is 2.32. The van der Waals surface area contributed by atoms with Crippen LogP contribution in [-0.2, 0) is 4.74 Å². The van der Waals surface area contributed by atoms with Gasteiger partial charge < -0.3 is 24.6 Å². The predicted molar refractivity (Wildman–Crippen MR) is 152 cm³/mol. The van der Waals surface area contributed by atoms with Crippen LogP contribution in [0.3, 0.4) is 0 Å². The fourth-order valence-electron chi connectivity index (χ4n) is 4.66. The zero-order valence-corrected chi connectivity index (χ0v) is 22.6. The van der Waals surface area contributed by atoms with E-state index in [9.17, 15) is 19.1 Å². The van der Waals surface area contributed by atoms with E-state index in [1.165, 1.54) is 12.1 Å². The summed E-state index contributed by atoms with van der Waals surface area (Å²) in [6.07, 6.45) is -0.373. The second kappa shape index (κ2) is 10.8. The highest BCUT2D eigenvalue weighted by molar-refractivity contribution is 6.21. The van der Waals surface area contributed by atoms with Crippen LogP contribution >= 0.6 is 0 Å². The third-order valence-electron chi connectivity index (χ3n) is 6.60. The molecule has 40 heavy (non-hydrogen) atoms. The molecule has 2 amide bonds. The molecule has 0 radical (unpaired) electrons. The van der Waals surface area contributed by atoms with Gasteiger partial charge in [-0.2, -0.15) is 0 Å². The fraction of sp³-hybridized carbons (Fsp3) is 0.258. The number of carbonyl (C=O) groups is 2. The van der Waals surface area contributed by atoms with Crippen LogP contribution < -0.4 is 0 Å². The number of nitrogens with zero attached hydrogens (tertiary/aromatic N) is 3. The molecule has 0 saturated carbocycles. The molecule has 2 heterocycles. The van der Waals surface area contributed by atoms with E-state index in [2.05, 4.69) is 4.98 Å². The Morgan fingerprint density at radius 3 is 2.20 bits per heavy atom. The maximum atomic E-state index is 13.8. The monoisotopic (exact) mass is 542 g/mol. The number of carbonyl (C=O) groups excluding carboxylic acids is 2. The van der Waals surface area contributed by atoms with Gasteiger partial charge in [0.1, 0.15) is 11.4 Å². The number of hydrogen-bond acceptors (Lipinski definition) is 5. The Kier molecular flexibility index (Phi) is 7.30. The number of aliphatic imine (C=N–C) groups is 1. The van der Waals surface area contributed by atoms with Crippen LogP contribution in [0.5, 0.6) is 5.88 Å². The fourth-order valence-corrected chi connectivity index (χ4v) is 4.66. The number of aromatic nitrogens is 1. The Balaban J connectivity index is 1.37. The summed E-state index contributed by atoms with van der Waals surface area (Å²) in [7, 11) is 0. The third-order valence-corrected chi connectivity index (χ3v) is 6.60. The molecular formula is C31H31FN4O4. The van der Waals surface area contributed by atoms with E-state index in [0.717, 1.165) is 5.56 Å². The molecule has 4 aromatic rings. The molecule has 0 aliphatic carbocycles. The van der Waals surface area contributed by atoms with Gasteiger partial charge in [-0.3, -0.25) is 4.79 Å². The molecule has 3 aromatic carbocycles. The number of rotatable bonds is 4. The lowest BCUT2D eigenvalue weighted by Crippen LogP contribution is -2.51. The predicted octanol–water partition coefficient (Wildman–Crippen LogP) is 5.87. The third kappa shape index (κ3) is 5.83. The lowest BCUT2D eigenvalue weighted by atomic mass is 10.0. The van der Waals surface area contributed by atoms with Gasteiger partial charge in [0.25, 0.3) is 5.91 Å². The summed E-state index contributed by atoms with van der Waals surface area (Å²) in [6.45, 7) is 7.11. The largest absolute Gasteiger partial charge is 0.494 e. The number of ether oxygens (including phenoxy) is 1. The molecular weight excluding hydrogens is 511 g/mol. The molecule has 1 fully saturated rings. The standard InChI is InChI=1S/C31H31FN4O4/c1-31(2,3)40-30(39)36-17-15-35(16-18-36)29(38)21-9-12-23(13-10-21)33-27(20-7-5-4-6-8-20)26-24-14-11-22(32)19-25(24)34-28(26)37/h4-14,19,34,37H,15-18H2,1-3H3. The molecule has 1 aliphatic heterocycles. The number of halogens is 1. The molecule has 1 saturated heterocycles. The van der Waals surface area contributed by atoms with Gasteiger partial charge in [0.05, 0.1) is 22.5 Å². The minimum absolute atomic E-state index is 0.111. The van der Waals surface area contributed by atoms with Crippen molar-refractivity contribution in [1.29, 1.82) is 0 Å². The molecule has 0 bridgehead atoms. The Morgan fingerprint density at radius 2 is 1.55 bits per heavy atom. The average Bonchev–Trinajstić information content (AvgIpc) is 3.25. The molecule has 0 unspecified atom stereocenters. The van der Waals surface area contributed by atoms with Gasteiger partial charge in [0, 0.05) is 42.7 Å². The summed E-state index contributed by atoms with van der Waals surface area (Å²) in [5.41, 5.74) is 2.73. The summed E-state index contributed by atoms with van der Waals surface area (Å²) in [4.78, 5) is 36.5. The maximum absolute atomic E-state index is 13.8. The number of nitrogens with one attached hydrogen (secondary N) is 1. The van der Waals surface area contributed by atoms with Crippen molar-refractivity contribution in [3.8, 4) is 5.88 Å².